The Morgan fingerprint density at radius 2 is 1.50 bits per heavy atom. The number of esters is 1. The van der Waals surface area contributed by atoms with Crippen molar-refractivity contribution >= 4 is 11.9 Å². The van der Waals surface area contributed by atoms with Crippen molar-refractivity contribution < 1.29 is 14.3 Å². The topological polar surface area (TPSA) is 46.6 Å². The van der Waals surface area contributed by atoms with E-state index in [1.807, 2.05) is 78.9 Å². The SMILES string of the molecule is O=C1O[C@@]2(c3ccccc31)[C@H](c1ccccc1)CC(=O)N2Cc1ccccc1. The third-order valence-electron chi connectivity index (χ3n) is 5.72. The standard InChI is InChI=1S/C24H19NO3/c26-22-15-21(18-11-5-2-6-12-18)24(25(22)16-17-9-3-1-4-10-17)20-14-8-7-13-19(20)23(27)28-24/h1-14,21H,15-16H2/t21-,24-/m0/s1. The van der Waals surface area contributed by atoms with Crippen LogP contribution in [0.15, 0.2) is 84.9 Å². The number of carbonyl (C=O) groups excluding carboxylic acids is 2. The van der Waals surface area contributed by atoms with Gasteiger partial charge in [0.25, 0.3) is 0 Å². The summed E-state index contributed by atoms with van der Waals surface area (Å²) >= 11 is 0. The van der Waals surface area contributed by atoms with Crippen molar-refractivity contribution in [2.75, 3.05) is 0 Å². The van der Waals surface area contributed by atoms with Crippen molar-refractivity contribution in [3.8, 4) is 0 Å². The Morgan fingerprint density at radius 1 is 0.857 bits per heavy atom. The molecule has 1 spiro atoms. The van der Waals surface area contributed by atoms with E-state index in [0.717, 1.165) is 16.7 Å². The van der Waals surface area contributed by atoms with Crippen LogP contribution in [0.4, 0.5) is 0 Å². The zero-order chi connectivity index (χ0) is 19.1. The van der Waals surface area contributed by atoms with Crippen LogP contribution in [0.3, 0.4) is 0 Å². The lowest BCUT2D eigenvalue weighted by Gasteiger charge is -2.38. The van der Waals surface area contributed by atoms with E-state index in [0.29, 0.717) is 18.5 Å². The van der Waals surface area contributed by atoms with E-state index < -0.39 is 5.72 Å². The first kappa shape index (κ1) is 16.8. The Bertz CT molecular complexity index is 1050. The summed E-state index contributed by atoms with van der Waals surface area (Å²) in [7, 11) is 0. The molecule has 5 rings (SSSR count). The van der Waals surface area contributed by atoms with E-state index >= 15 is 0 Å². The molecule has 3 aromatic carbocycles. The Balaban J connectivity index is 1.69. The molecule has 2 aliphatic heterocycles. The number of likely N-dealkylation sites (tertiary alicyclic amines) is 1. The lowest BCUT2D eigenvalue weighted by atomic mass is 9.83. The van der Waals surface area contributed by atoms with Crippen LogP contribution in [-0.4, -0.2) is 16.8 Å². The van der Waals surface area contributed by atoms with Gasteiger partial charge in [0, 0.05) is 18.5 Å². The van der Waals surface area contributed by atoms with Crippen molar-refractivity contribution in [3.05, 3.63) is 107 Å². The molecule has 1 saturated heterocycles. The Morgan fingerprint density at radius 3 is 2.25 bits per heavy atom. The van der Waals surface area contributed by atoms with Crippen molar-refractivity contribution in [1.82, 2.24) is 4.90 Å². The highest BCUT2D eigenvalue weighted by Crippen LogP contribution is 2.55. The fourth-order valence-electron chi connectivity index (χ4n) is 4.48. The van der Waals surface area contributed by atoms with E-state index in [2.05, 4.69) is 0 Å². The third kappa shape index (κ3) is 2.38. The van der Waals surface area contributed by atoms with Gasteiger partial charge in [-0.3, -0.25) is 9.69 Å². The number of amides is 1. The summed E-state index contributed by atoms with van der Waals surface area (Å²) in [6.07, 6.45) is 0.304. The number of rotatable bonds is 3. The second-order valence-corrected chi connectivity index (χ2v) is 7.26. The van der Waals surface area contributed by atoms with Gasteiger partial charge in [0.1, 0.15) is 0 Å². The Labute approximate surface area is 163 Å². The molecule has 0 unspecified atom stereocenters. The highest BCUT2D eigenvalue weighted by molar-refractivity contribution is 5.96. The highest BCUT2D eigenvalue weighted by atomic mass is 16.6. The fraction of sp³-hybridized carbons (Fsp3) is 0.167. The van der Waals surface area contributed by atoms with Crippen LogP contribution in [-0.2, 0) is 21.8 Å². The second kappa shape index (κ2) is 6.34. The maximum Gasteiger partial charge on any atom is 0.341 e. The summed E-state index contributed by atoms with van der Waals surface area (Å²) < 4.78 is 6.07. The van der Waals surface area contributed by atoms with E-state index in [4.69, 9.17) is 4.74 Å². The molecule has 0 aliphatic carbocycles. The summed E-state index contributed by atoms with van der Waals surface area (Å²) in [5.41, 5.74) is 2.20. The van der Waals surface area contributed by atoms with Crippen molar-refractivity contribution in [2.24, 2.45) is 0 Å². The van der Waals surface area contributed by atoms with Gasteiger partial charge in [-0.1, -0.05) is 78.9 Å². The van der Waals surface area contributed by atoms with Gasteiger partial charge in [-0.25, -0.2) is 4.79 Å². The van der Waals surface area contributed by atoms with E-state index in [9.17, 15) is 9.59 Å². The molecule has 3 aromatic rings. The van der Waals surface area contributed by atoms with E-state index in [-0.39, 0.29) is 17.8 Å². The molecular formula is C24H19NO3. The summed E-state index contributed by atoms with van der Waals surface area (Å²) in [5.74, 6) is -0.635. The number of hydrogen-bond donors (Lipinski definition) is 0. The van der Waals surface area contributed by atoms with Crippen molar-refractivity contribution in [3.63, 3.8) is 0 Å². The van der Waals surface area contributed by atoms with Gasteiger partial charge in [0.2, 0.25) is 11.6 Å². The summed E-state index contributed by atoms with van der Waals surface area (Å²) in [6, 6.07) is 27.1. The first-order valence-corrected chi connectivity index (χ1v) is 9.42. The third-order valence-corrected chi connectivity index (χ3v) is 5.72. The monoisotopic (exact) mass is 369 g/mol. The lowest BCUT2D eigenvalue weighted by Crippen LogP contribution is -2.45. The zero-order valence-corrected chi connectivity index (χ0v) is 15.2. The summed E-state index contributed by atoms with van der Waals surface area (Å²) in [4.78, 5) is 27.7. The van der Waals surface area contributed by atoms with Crippen molar-refractivity contribution in [1.29, 1.82) is 0 Å². The normalized spacial score (nSPS) is 23.1. The molecular weight excluding hydrogens is 350 g/mol. The second-order valence-electron chi connectivity index (χ2n) is 7.26. The first-order valence-electron chi connectivity index (χ1n) is 9.42. The average molecular weight is 369 g/mol. The molecule has 0 N–H and O–H groups in total. The molecule has 4 nitrogen and oxygen atoms in total. The van der Waals surface area contributed by atoms with Crippen LogP contribution >= 0.6 is 0 Å². The van der Waals surface area contributed by atoms with Crippen molar-refractivity contribution in [2.45, 2.75) is 24.6 Å². The fourth-order valence-corrected chi connectivity index (χ4v) is 4.48. The number of hydrogen-bond acceptors (Lipinski definition) is 3. The minimum Gasteiger partial charge on any atom is -0.430 e. The van der Waals surface area contributed by atoms with Gasteiger partial charge >= 0.3 is 5.97 Å². The quantitative estimate of drug-likeness (QED) is 0.649. The van der Waals surface area contributed by atoms with Gasteiger partial charge in [-0.2, -0.15) is 0 Å². The van der Waals surface area contributed by atoms with Crippen LogP contribution in [0, 0.1) is 0 Å². The molecule has 2 aliphatic rings. The van der Waals surface area contributed by atoms with E-state index in [1.165, 1.54) is 0 Å². The molecule has 28 heavy (non-hydrogen) atoms. The van der Waals surface area contributed by atoms with Crippen LogP contribution < -0.4 is 0 Å². The minimum absolute atomic E-state index is 0.0118. The molecule has 1 fully saturated rings. The molecule has 0 saturated carbocycles. The number of ether oxygens (including phenoxy) is 1. The smallest absolute Gasteiger partial charge is 0.341 e. The van der Waals surface area contributed by atoms with Crippen LogP contribution in [0.1, 0.15) is 39.4 Å². The minimum atomic E-state index is -1.11. The Hall–Kier alpha value is -3.40. The average Bonchev–Trinajstić information content (AvgIpc) is 3.19. The number of nitrogens with zero attached hydrogens (tertiary/aromatic N) is 1. The molecule has 138 valence electrons. The Kier molecular flexibility index (Phi) is 3.79. The molecule has 0 bridgehead atoms. The molecule has 2 atom stereocenters. The first-order chi connectivity index (χ1) is 13.7. The highest BCUT2D eigenvalue weighted by Gasteiger charge is 2.61. The number of fused-ring (bicyclic) bond motifs is 2. The van der Waals surface area contributed by atoms with E-state index in [1.54, 1.807) is 11.0 Å². The predicted molar refractivity (Wildman–Crippen MR) is 104 cm³/mol. The number of benzene rings is 3. The van der Waals surface area contributed by atoms with Gasteiger partial charge in [-0.05, 0) is 17.2 Å². The maximum absolute atomic E-state index is 13.2. The van der Waals surface area contributed by atoms with Gasteiger partial charge < -0.3 is 4.74 Å². The largest absolute Gasteiger partial charge is 0.430 e. The van der Waals surface area contributed by atoms with Gasteiger partial charge in [-0.15, -0.1) is 0 Å². The van der Waals surface area contributed by atoms with Crippen LogP contribution in [0.5, 0.6) is 0 Å². The van der Waals surface area contributed by atoms with Gasteiger partial charge in [0.05, 0.1) is 11.5 Å². The predicted octanol–water partition coefficient (Wildman–Crippen LogP) is 4.23. The van der Waals surface area contributed by atoms with Crippen LogP contribution in [0.25, 0.3) is 0 Å². The lowest BCUT2D eigenvalue weighted by molar-refractivity contribution is -0.149. The summed E-state index contributed by atoms with van der Waals surface area (Å²) in [6.45, 7) is 0.393. The van der Waals surface area contributed by atoms with Crippen LogP contribution in [0.2, 0.25) is 0 Å². The molecule has 4 heteroatoms. The van der Waals surface area contributed by atoms with Gasteiger partial charge in [0.15, 0.2) is 0 Å². The zero-order valence-electron chi connectivity index (χ0n) is 15.2. The molecule has 0 radical (unpaired) electrons. The molecule has 0 aromatic heterocycles. The number of carbonyl (C=O) groups is 2. The maximum atomic E-state index is 13.2. The molecule has 2 heterocycles. The molecule has 1 amide bonds. The summed E-state index contributed by atoms with van der Waals surface area (Å²) in [5, 5.41) is 0.